The Morgan fingerprint density at radius 1 is 1.23 bits per heavy atom. The quantitative estimate of drug-likeness (QED) is 0.289. The summed E-state index contributed by atoms with van der Waals surface area (Å²) in [5.41, 5.74) is 2.49. The van der Waals surface area contributed by atoms with E-state index in [1.165, 1.54) is 11.3 Å². The summed E-state index contributed by atoms with van der Waals surface area (Å²) < 4.78 is 8.08. The highest BCUT2D eigenvalue weighted by atomic mass is 127. The molecule has 2 aromatic rings. The van der Waals surface area contributed by atoms with Crippen LogP contribution in [0.2, 0.25) is 0 Å². The lowest BCUT2D eigenvalue weighted by atomic mass is 10.0. The summed E-state index contributed by atoms with van der Waals surface area (Å²) in [4.78, 5) is 6.46. The van der Waals surface area contributed by atoms with Crippen LogP contribution >= 0.6 is 24.0 Å². The highest BCUT2D eigenvalue weighted by Crippen LogP contribution is 2.25. The van der Waals surface area contributed by atoms with Crippen LogP contribution in [0.3, 0.4) is 0 Å². The van der Waals surface area contributed by atoms with Crippen LogP contribution in [-0.4, -0.2) is 42.7 Å². The monoisotopic (exact) mass is 470 g/mol. The number of nitrogens with zero attached hydrogens (tertiary/aromatic N) is 3. The molecule has 5 nitrogen and oxygen atoms in total. The first-order valence-corrected chi connectivity index (χ1v) is 8.76. The molecule has 0 atom stereocenters. The molecular weight excluding hydrogens is 439 g/mol. The van der Waals surface area contributed by atoms with Gasteiger partial charge in [0.15, 0.2) is 5.96 Å². The van der Waals surface area contributed by atoms with Crippen molar-refractivity contribution in [2.45, 2.75) is 26.3 Å². The SMILES string of the molecule is CN=C(NCCOc1ccccc1C(C)C)N(C)Cc1cccn1C.I. The fourth-order valence-electron chi connectivity index (χ4n) is 2.78. The molecule has 0 aliphatic carbocycles. The maximum atomic E-state index is 5.96. The van der Waals surface area contributed by atoms with Crippen LogP contribution in [0.5, 0.6) is 5.75 Å². The summed E-state index contributed by atoms with van der Waals surface area (Å²) in [5.74, 6) is 2.28. The third kappa shape index (κ3) is 6.23. The van der Waals surface area contributed by atoms with Gasteiger partial charge in [-0.05, 0) is 29.7 Å². The number of benzene rings is 1. The number of aryl methyl sites for hydroxylation is 1. The summed E-state index contributed by atoms with van der Waals surface area (Å²) in [6, 6.07) is 12.4. The molecule has 0 radical (unpaired) electrons. The van der Waals surface area contributed by atoms with Crippen molar-refractivity contribution >= 4 is 29.9 Å². The number of hydrogen-bond donors (Lipinski definition) is 1. The van der Waals surface area contributed by atoms with E-state index in [0.29, 0.717) is 19.1 Å². The molecule has 0 saturated carbocycles. The number of halogens is 1. The van der Waals surface area contributed by atoms with E-state index < -0.39 is 0 Å². The van der Waals surface area contributed by atoms with Crippen molar-refractivity contribution in [3.05, 3.63) is 53.9 Å². The third-order valence-electron chi connectivity index (χ3n) is 4.21. The topological polar surface area (TPSA) is 41.8 Å². The Bertz CT molecular complexity index is 697. The molecule has 0 amide bonds. The van der Waals surface area contributed by atoms with Crippen molar-refractivity contribution in [3.8, 4) is 5.75 Å². The number of rotatable bonds is 7. The van der Waals surface area contributed by atoms with Crippen molar-refractivity contribution < 1.29 is 4.74 Å². The molecule has 1 aromatic heterocycles. The molecule has 2 rings (SSSR count). The fraction of sp³-hybridized carbons (Fsp3) is 0.450. The predicted octanol–water partition coefficient (Wildman–Crippen LogP) is 3.85. The average molecular weight is 470 g/mol. The number of guanidine groups is 1. The highest BCUT2D eigenvalue weighted by Gasteiger charge is 2.09. The normalized spacial score (nSPS) is 11.2. The van der Waals surface area contributed by atoms with Gasteiger partial charge in [-0.3, -0.25) is 4.99 Å². The smallest absolute Gasteiger partial charge is 0.193 e. The van der Waals surface area contributed by atoms with Gasteiger partial charge in [-0.15, -0.1) is 24.0 Å². The van der Waals surface area contributed by atoms with Crippen LogP contribution in [0.25, 0.3) is 0 Å². The second-order valence-corrected chi connectivity index (χ2v) is 6.48. The minimum Gasteiger partial charge on any atom is -0.491 e. The molecule has 0 bridgehead atoms. The van der Waals surface area contributed by atoms with Crippen molar-refractivity contribution in [1.82, 2.24) is 14.8 Å². The largest absolute Gasteiger partial charge is 0.491 e. The molecule has 1 aromatic carbocycles. The number of aromatic nitrogens is 1. The Kier molecular flexibility index (Phi) is 9.54. The molecule has 144 valence electrons. The molecule has 1 N–H and O–H groups in total. The zero-order valence-electron chi connectivity index (χ0n) is 16.4. The predicted molar refractivity (Wildman–Crippen MR) is 120 cm³/mol. The van der Waals surface area contributed by atoms with Crippen molar-refractivity contribution in [2.75, 3.05) is 27.2 Å². The molecular formula is C20H31IN4O. The van der Waals surface area contributed by atoms with Gasteiger partial charge in [0.1, 0.15) is 12.4 Å². The Morgan fingerprint density at radius 3 is 2.58 bits per heavy atom. The van der Waals surface area contributed by atoms with Crippen LogP contribution in [0.4, 0.5) is 0 Å². The van der Waals surface area contributed by atoms with Gasteiger partial charge in [-0.1, -0.05) is 32.0 Å². The molecule has 0 aliphatic rings. The van der Waals surface area contributed by atoms with E-state index in [1.807, 2.05) is 19.2 Å². The second-order valence-electron chi connectivity index (χ2n) is 6.48. The molecule has 0 spiro atoms. The van der Waals surface area contributed by atoms with E-state index >= 15 is 0 Å². The summed E-state index contributed by atoms with van der Waals surface area (Å²) >= 11 is 0. The fourth-order valence-corrected chi connectivity index (χ4v) is 2.78. The van der Waals surface area contributed by atoms with Crippen molar-refractivity contribution in [3.63, 3.8) is 0 Å². The first-order chi connectivity index (χ1) is 12.0. The minimum absolute atomic E-state index is 0. The summed E-state index contributed by atoms with van der Waals surface area (Å²) in [6.07, 6.45) is 2.05. The number of aliphatic imine (C=N–C) groups is 1. The maximum Gasteiger partial charge on any atom is 0.193 e. The second kappa shape index (κ2) is 11.1. The highest BCUT2D eigenvalue weighted by molar-refractivity contribution is 14.0. The molecule has 0 unspecified atom stereocenters. The first-order valence-electron chi connectivity index (χ1n) is 8.76. The van der Waals surface area contributed by atoms with E-state index in [4.69, 9.17) is 4.74 Å². The lowest BCUT2D eigenvalue weighted by molar-refractivity contribution is 0.314. The molecule has 26 heavy (non-hydrogen) atoms. The Morgan fingerprint density at radius 2 is 1.96 bits per heavy atom. The zero-order chi connectivity index (χ0) is 18.2. The van der Waals surface area contributed by atoms with E-state index in [-0.39, 0.29) is 24.0 Å². The van der Waals surface area contributed by atoms with Gasteiger partial charge in [0, 0.05) is 33.0 Å². The number of para-hydroxylation sites is 1. The van der Waals surface area contributed by atoms with Crippen LogP contribution in [0.1, 0.15) is 31.0 Å². The van der Waals surface area contributed by atoms with Crippen molar-refractivity contribution in [1.29, 1.82) is 0 Å². The van der Waals surface area contributed by atoms with Crippen LogP contribution in [-0.2, 0) is 13.6 Å². The standard InChI is InChI=1S/C20H30N4O.HI/c1-16(2)18-10-6-7-11-19(18)25-14-12-22-20(21-3)24(5)15-17-9-8-13-23(17)4;/h6-11,13,16H,12,14-15H2,1-5H3,(H,21,22);1H. The van der Waals surface area contributed by atoms with Gasteiger partial charge < -0.3 is 19.5 Å². The van der Waals surface area contributed by atoms with Crippen LogP contribution < -0.4 is 10.1 Å². The van der Waals surface area contributed by atoms with Gasteiger partial charge in [-0.2, -0.15) is 0 Å². The van der Waals surface area contributed by atoms with Gasteiger partial charge in [-0.25, -0.2) is 0 Å². The van der Waals surface area contributed by atoms with E-state index in [9.17, 15) is 0 Å². The van der Waals surface area contributed by atoms with Gasteiger partial charge >= 0.3 is 0 Å². The summed E-state index contributed by atoms with van der Waals surface area (Å²) in [6.45, 7) is 6.47. The third-order valence-corrected chi connectivity index (χ3v) is 4.21. The number of ether oxygens (including phenoxy) is 1. The number of hydrogen-bond acceptors (Lipinski definition) is 2. The van der Waals surface area contributed by atoms with Crippen LogP contribution in [0, 0.1) is 0 Å². The zero-order valence-corrected chi connectivity index (χ0v) is 18.7. The summed E-state index contributed by atoms with van der Waals surface area (Å²) in [5, 5.41) is 3.36. The minimum atomic E-state index is 0. The van der Waals surface area contributed by atoms with Crippen molar-refractivity contribution in [2.24, 2.45) is 12.0 Å². The molecule has 6 heteroatoms. The van der Waals surface area contributed by atoms with Gasteiger partial charge in [0.2, 0.25) is 0 Å². The maximum absolute atomic E-state index is 5.96. The Balaban J connectivity index is 0.00000338. The molecule has 0 aliphatic heterocycles. The average Bonchev–Trinajstić information content (AvgIpc) is 3.00. The van der Waals surface area contributed by atoms with E-state index in [1.54, 1.807) is 7.05 Å². The van der Waals surface area contributed by atoms with E-state index in [0.717, 1.165) is 18.3 Å². The molecule has 1 heterocycles. The molecule has 0 saturated heterocycles. The lowest BCUT2D eigenvalue weighted by Gasteiger charge is -2.22. The molecule has 0 fully saturated rings. The number of nitrogens with one attached hydrogen (secondary N) is 1. The van der Waals surface area contributed by atoms with E-state index in [2.05, 4.69) is 71.1 Å². The van der Waals surface area contributed by atoms with Gasteiger partial charge in [0.05, 0.1) is 13.1 Å². The lowest BCUT2D eigenvalue weighted by Crippen LogP contribution is -2.40. The Labute approximate surface area is 174 Å². The Hall–Kier alpha value is -1.70. The van der Waals surface area contributed by atoms with Crippen LogP contribution in [0.15, 0.2) is 47.6 Å². The summed E-state index contributed by atoms with van der Waals surface area (Å²) in [7, 11) is 5.90. The van der Waals surface area contributed by atoms with Gasteiger partial charge in [0.25, 0.3) is 0 Å². The first kappa shape index (κ1) is 22.3.